The van der Waals surface area contributed by atoms with E-state index in [0.717, 1.165) is 4.90 Å². The minimum atomic E-state index is -1.18. The molecule has 2 aliphatic heterocycles. The van der Waals surface area contributed by atoms with E-state index in [1.54, 1.807) is 11.2 Å². The fraction of sp³-hybridized carbons (Fsp3) is 0.714. The molecule has 0 radical (unpaired) electrons. The molecule has 0 saturated carbocycles. The molecule has 0 bridgehead atoms. The molecular formula is C21H33N5O9S. The van der Waals surface area contributed by atoms with E-state index in [2.05, 4.69) is 5.32 Å². The van der Waals surface area contributed by atoms with Crippen LogP contribution in [0.1, 0.15) is 19.3 Å². The molecular weight excluding hydrogens is 498 g/mol. The number of hydrogen-bond acceptors (Lipinski definition) is 10. The molecule has 14 nitrogen and oxygen atoms in total. The SMILES string of the molecule is CSC1CC(=O)N(CCNC(=O)CCC(C(=O)O)N2CCN(CC(=O)O)CCN(CC(=O)O)C2)C1=O. The quantitative estimate of drug-likeness (QED) is 0.189. The van der Waals surface area contributed by atoms with Gasteiger partial charge < -0.3 is 20.6 Å². The van der Waals surface area contributed by atoms with Crippen LogP contribution in [0.2, 0.25) is 0 Å². The number of likely N-dealkylation sites (tertiary alicyclic amines) is 1. The topological polar surface area (TPSA) is 188 Å². The van der Waals surface area contributed by atoms with Crippen LogP contribution in [-0.2, 0) is 28.8 Å². The summed E-state index contributed by atoms with van der Waals surface area (Å²) in [6, 6.07) is -1.10. The third kappa shape index (κ3) is 9.04. The Labute approximate surface area is 212 Å². The number of carboxylic acid groups (broad SMARTS) is 3. The van der Waals surface area contributed by atoms with Gasteiger partial charge in [-0.3, -0.25) is 48.4 Å². The molecule has 0 aromatic carbocycles. The number of nitrogens with one attached hydrogen (secondary N) is 1. The Morgan fingerprint density at radius 1 is 1.00 bits per heavy atom. The molecule has 2 fully saturated rings. The van der Waals surface area contributed by atoms with E-state index in [1.165, 1.54) is 21.6 Å². The van der Waals surface area contributed by atoms with Crippen LogP contribution in [0, 0.1) is 0 Å². The number of thioether (sulfide) groups is 1. The van der Waals surface area contributed by atoms with E-state index >= 15 is 0 Å². The van der Waals surface area contributed by atoms with Crippen molar-refractivity contribution in [2.75, 3.05) is 65.3 Å². The molecule has 202 valence electrons. The van der Waals surface area contributed by atoms with Crippen LogP contribution in [0.4, 0.5) is 0 Å². The number of hydrogen-bond donors (Lipinski definition) is 4. The molecule has 2 atom stereocenters. The zero-order valence-electron chi connectivity index (χ0n) is 20.1. The summed E-state index contributed by atoms with van der Waals surface area (Å²) in [4.78, 5) is 76.6. The predicted molar refractivity (Wildman–Crippen MR) is 127 cm³/mol. The molecule has 2 aliphatic rings. The van der Waals surface area contributed by atoms with Crippen LogP contribution >= 0.6 is 11.8 Å². The lowest BCUT2D eigenvalue weighted by molar-refractivity contribution is -0.147. The van der Waals surface area contributed by atoms with Crippen molar-refractivity contribution in [1.29, 1.82) is 0 Å². The number of amides is 3. The maximum Gasteiger partial charge on any atom is 0.320 e. The number of carboxylic acids is 3. The zero-order chi connectivity index (χ0) is 26.8. The minimum absolute atomic E-state index is 0.0402. The van der Waals surface area contributed by atoms with Gasteiger partial charge >= 0.3 is 17.9 Å². The lowest BCUT2D eigenvalue weighted by Crippen LogP contribution is -2.55. The Balaban J connectivity index is 1.93. The number of carbonyl (C=O) groups excluding carboxylic acids is 3. The highest BCUT2D eigenvalue weighted by Gasteiger charge is 2.37. The maximum atomic E-state index is 12.3. The second kappa shape index (κ2) is 14.1. The lowest BCUT2D eigenvalue weighted by atomic mass is 10.1. The van der Waals surface area contributed by atoms with Gasteiger partial charge in [-0.25, -0.2) is 0 Å². The van der Waals surface area contributed by atoms with Crippen molar-refractivity contribution in [2.24, 2.45) is 0 Å². The monoisotopic (exact) mass is 531 g/mol. The molecule has 0 aliphatic carbocycles. The maximum absolute atomic E-state index is 12.3. The predicted octanol–water partition coefficient (Wildman–Crippen LogP) is -2.13. The molecule has 2 saturated heterocycles. The Bertz CT molecular complexity index is 858. The summed E-state index contributed by atoms with van der Waals surface area (Å²) in [5, 5.41) is 30.3. The first kappa shape index (κ1) is 29.5. The molecule has 4 N–H and O–H groups in total. The molecule has 0 aromatic heterocycles. The summed E-state index contributed by atoms with van der Waals surface area (Å²) < 4.78 is 0. The summed E-state index contributed by atoms with van der Waals surface area (Å²) in [6.45, 7) is 0.567. The molecule has 2 unspecified atom stereocenters. The second-order valence-corrected chi connectivity index (χ2v) is 9.67. The van der Waals surface area contributed by atoms with Crippen molar-refractivity contribution in [2.45, 2.75) is 30.6 Å². The molecule has 0 aromatic rings. The van der Waals surface area contributed by atoms with Crippen molar-refractivity contribution < 1.29 is 44.1 Å². The Morgan fingerprint density at radius 3 is 2.19 bits per heavy atom. The fourth-order valence-corrected chi connectivity index (χ4v) is 4.82. The first-order chi connectivity index (χ1) is 17.0. The summed E-state index contributed by atoms with van der Waals surface area (Å²) in [6.07, 6.45) is 1.68. The van der Waals surface area contributed by atoms with Gasteiger partial charge in [0.05, 0.1) is 25.0 Å². The van der Waals surface area contributed by atoms with Gasteiger partial charge in [0, 0.05) is 52.1 Å². The Morgan fingerprint density at radius 2 is 1.61 bits per heavy atom. The van der Waals surface area contributed by atoms with Crippen molar-refractivity contribution >= 4 is 47.4 Å². The third-order valence-corrected chi connectivity index (χ3v) is 6.99. The van der Waals surface area contributed by atoms with Gasteiger partial charge in [-0.2, -0.15) is 11.8 Å². The van der Waals surface area contributed by atoms with Gasteiger partial charge in [-0.15, -0.1) is 0 Å². The van der Waals surface area contributed by atoms with E-state index in [1.807, 2.05) is 0 Å². The van der Waals surface area contributed by atoms with Crippen LogP contribution in [0.25, 0.3) is 0 Å². The van der Waals surface area contributed by atoms with E-state index < -0.39 is 35.1 Å². The molecule has 3 amide bonds. The summed E-state index contributed by atoms with van der Waals surface area (Å²) in [5.74, 6) is -4.33. The highest BCUT2D eigenvalue weighted by Crippen LogP contribution is 2.22. The van der Waals surface area contributed by atoms with Gasteiger partial charge in [-0.05, 0) is 12.7 Å². The van der Waals surface area contributed by atoms with Gasteiger partial charge in [0.15, 0.2) is 0 Å². The largest absolute Gasteiger partial charge is 0.480 e. The number of aliphatic carboxylic acids is 3. The summed E-state index contributed by atoms with van der Waals surface area (Å²) in [5.41, 5.74) is 0. The Kier molecular flexibility index (Phi) is 11.6. The Hall–Kier alpha value is -2.75. The van der Waals surface area contributed by atoms with Gasteiger partial charge in [0.2, 0.25) is 17.7 Å². The van der Waals surface area contributed by atoms with Crippen LogP contribution in [0.3, 0.4) is 0 Å². The lowest BCUT2D eigenvalue weighted by Gasteiger charge is -2.38. The van der Waals surface area contributed by atoms with E-state index in [-0.39, 0.29) is 83.6 Å². The van der Waals surface area contributed by atoms with Crippen molar-refractivity contribution in [3.05, 3.63) is 0 Å². The molecule has 36 heavy (non-hydrogen) atoms. The standard InChI is InChI=1S/C21H33N5O9S/c1-36-15-10-17(28)26(20(15)33)5-4-22-16(27)3-2-14(21(34)35)25-9-8-23(11-18(29)30)6-7-24(13-25)12-19(31)32/h14-15H,2-13H2,1H3,(H,22,27)(H,29,30)(H,31,32)(H,34,35). The zero-order valence-corrected chi connectivity index (χ0v) is 20.9. The summed E-state index contributed by atoms with van der Waals surface area (Å²) >= 11 is 1.30. The van der Waals surface area contributed by atoms with Crippen LogP contribution < -0.4 is 5.32 Å². The van der Waals surface area contributed by atoms with Crippen molar-refractivity contribution in [3.8, 4) is 0 Å². The summed E-state index contributed by atoms with van der Waals surface area (Å²) in [7, 11) is 0. The number of rotatable bonds is 13. The number of imide groups is 1. The van der Waals surface area contributed by atoms with Crippen LogP contribution in [0.5, 0.6) is 0 Å². The van der Waals surface area contributed by atoms with Gasteiger partial charge in [-0.1, -0.05) is 0 Å². The normalized spacial score (nSPS) is 21.1. The molecule has 15 heteroatoms. The first-order valence-corrected chi connectivity index (χ1v) is 12.8. The highest BCUT2D eigenvalue weighted by atomic mass is 32.2. The average Bonchev–Trinajstić information content (AvgIpc) is 3.05. The highest BCUT2D eigenvalue weighted by molar-refractivity contribution is 8.00. The minimum Gasteiger partial charge on any atom is -0.480 e. The van der Waals surface area contributed by atoms with E-state index in [4.69, 9.17) is 5.11 Å². The first-order valence-electron chi connectivity index (χ1n) is 11.5. The number of carbonyl (C=O) groups is 6. The molecule has 2 heterocycles. The second-order valence-electron chi connectivity index (χ2n) is 8.62. The van der Waals surface area contributed by atoms with Gasteiger partial charge in [0.25, 0.3) is 0 Å². The van der Waals surface area contributed by atoms with Crippen LogP contribution in [-0.4, -0.2) is 147 Å². The fourth-order valence-electron chi connectivity index (χ4n) is 4.18. The van der Waals surface area contributed by atoms with Crippen LogP contribution in [0.15, 0.2) is 0 Å². The van der Waals surface area contributed by atoms with E-state index in [0.29, 0.717) is 6.54 Å². The van der Waals surface area contributed by atoms with E-state index in [9.17, 15) is 39.0 Å². The molecule has 2 rings (SSSR count). The number of nitrogens with zero attached hydrogens (tertiary/aromatic N) is 4. The van der Waals surface area contributed by atoms with Gasteiger partial charge in [0.1, 0.15) is 6.04 Å². The molecule has 0 spiro atoms. The smallest absolute Gasteiger partial charge is 0.320 e. The van der Waals surface area contributed by atoms with Crippen molar-refractivity contribution in [1.82, 2.24) is 24.9 Å². The van der Waals surface area contributed by atoms with Crippen molar-refractivity contribution in [3.63, 3.8) is 0 Å². The third-order valence-electron chi connectivity index (χ3n) is 6.05. The average molecular weight is 532 g/mol.